The van der Waals surface area contributed by atoms with Crippen LogP contribution in [0.4, 0.5) is 0 Å². The van der Waals surface area contributed by atoms with Gasteiger partial charge in [-0.1, -0.05) is 6.07 Å². The summed E-state index contributed by atoms with van der Waals surface area (Å²) in [6, 6.07) is 4.10. The molecule has 0 N–H and O–H groups in total. The zero-order valence-corrected chi connectivity index (χ0v) is 13.2. The Kier molecular flexibility index (Phi) is 4.93. The van der Waals surface area contributed by atoms with Crippen molar-refractivity contribution in [2.75, 3.05) is 26.8 Å². The zero-order valence-electron chi connectivity index (χ0n) is 13.2. The van der Waals surface area contributed by atoms with Crippen LogP contribution in [-0.4, -0.2) is 48.7 Å². The summed E-state index contributed by atoms with van der Waals surface area (Å²) in [6.07, 6.45) is 7.60. The topological polar surface area (TPSA) is 51.7 Å². The number of hydrogen-bond donors (Lipinski definition) is 0. The van der Waals surface area contributed by atoms with E-state index in [1.54, 1.807) is 13.3 Å². The highest BCUT2D eigenvalue weighted by Gasteiger charge is 2.27. The van der Waals surface area contributed by atoms with Crippen LogP contribution in [0.25, 0.3) is 0 Å². The molecule has 1 amide bonds. The molecule has 2 aliphatic rings. The number of carbonyl (C=O) groups excluding carboxylic acids is 1. The summed E-state index contributed by atoms with van der Waals surface area (Å²) in [4.78, 5) is 18.2. The van der Waals surface area contributed by atoms with Crippen molar-refractivity contribution in [3.8, 4) is 5.88 Å². The van der Waals surface area contributed by atoms with E-state index in [9.17, 15) is 4.79 Å². The summed E-state index contributed by atoms with van der Waals surface area (Å²) < 4.78 is 11.0. The molecular weight excluding hydrogens is 280 g/mol. The average Bonchev–Trinajstić information content (AvgIpc) is 2.52. The van der Waals surface area contributed by atoms with E-state index >= 15 is 0 Å². The molecule has 0 spiro atoms. The van der Waals surface area contributed by atoms with Crippen LogP contribution >= 0.6 is 0 Å². The van der Waals surface area contributed by atoms with Crippen molar-refractivity contribution < 1.29 is 14.3 Å². The quantitative estimate of drug-likeness (QED) is 0.838. The zero-order chi connectivity index (χ0) is 15.4. The second kappa shape index (κ2) is 7.09. The number of carbonyl (C=O) groups is 1. The molecule has 120 valence electrons. The Balaban J connectivity index is 1.62. The maximum atomic E-state index is 11.9. The van der Waals surface area contributed by atoms with E-state index in [2.05, 4.69) is 11.1 Å². The van der Waals surface area contributed by atoms with Crippen molar-refractivity contribution >= 4 is 5.91 Å². The number of nitrogens with zero attached hydrogens (tertiary/aromatic N) is 2. The number of rotatable bonds is 5. The Morgan fingerprint density at radius 3 is 2.73 bits per heavy atom. The van der Waals surface area contributed by atoms with Crippen LogP contribution in [0.3, 0.4) is 0 Å². The molecule has 1 saturated heterocycles. The molecule has 1 aromatic heterocycles. The van der Waals surface area contributed by atoms with Crippen LogP contribution in [0.1, 0.15) is 43.6 Å². The summed E-state index contributed by atoms with van der Waals surface area (Å²) in [5.74, 6) is 1.31. The van der Waals surface area contributed by atoms with E-state index in [1.165, 1.54) is 12.0 Å². The number of pyridine rings is 1. The number of aromatic nitrogens is 1. The van der Waals surface area contributed by atoms with E-state index in [0.29, 0.717) is 12.0 Å². The molecule has 0 bridgehead atoms. The minimum Gasteiger partial charge on any atom is -0.474 e. The van der Waals surface area contributed by atoms with Gasteiger partial charge in [-0.2, -0.15) is 0 Å². The van der Waals surface area contributed by atoms with Gasteiger partial charge < -0.3 is 14.4 Å². The van der Waals surface area contributed by atoms with Gasteiger partial charge in [-0.15, -0.1) is 0 Å². The lowest BCUT2D eigenvalue weighted by atomic mass is 9.89. The maximum Gasteiger partial charge on any atom is 0.248 e. The van der Waals surface area contributed by atoms with Crippen LogP contribution in [0.15, 0.2) is 18.3 Å². The molecule has 3 rings (SSSR count). The third kappa shape index (κ3) is 3.40. The van der Waals surface area contributed by atoms with E-state index in [4.69, 9.17) is 9.47 Å². The van der Waals surface area contributed by atoms with E-state index < -0.39 is 0 Å². The first-order chi connectivity index (χ1) is 10.8. The minimum atomic E-state index is 0.0816. The summed E-state index contributed by atoms with van der Waals surface area (Å²) >= 11 is 0. The molecule has 0 atom stereocenters. The number of piperidine rings is 1. The number of ether oxygens (including phenoxy) is 2. The van der Waals surface area contributed by atoms with Gasteiger partial charge in [0.2, 0.25) is 11.8 Å². The Bertz CT molecular complexity index is 508. The number of hydrogen-bond acceptors (Lipinski definition) is 4. The Labute approximate surface area is 131 Å². The molecule has 1 aliphatic carbocycles. The van der Waals surface area contributed by atoms with Crippen LogP contribution < -0.4 is 4.74 Å². The fourth-order valence-corrected chi connectivity index (χ4v) is 3.11. The minimum absolute atomic E-state index is 0.0816. The fourth-order valence-electron chi connectivity index (χ4n) is 3.11. The molecular formula is C17H24N2O3. The number of amides is 1. The average molecular weight is 304 g/mol. The van der Waals surface area contributed by atoms with E-state index in [0.717, 1.165) is 44.7 Å². The lowest BCUT2D eigenvalue weighted by Crippen LogP contribution is -2.39. The van der Waals surface area contributed by atoms with Gasteiger partial charge in [-0.3, -0.25) is 4.79 Å². The van der Waals surface area contributed by atoms with Gasteiger partial charge in [0.05, 0.1) is 0 Å². The Morgan fingerprint density at radius 1 is 1.32 bits per heavy atom. The van der Waals surface area contributed by atoms with Crippen LogP contribution in [0.2, 0.25) is 0 Å². The molecule has 0 aromatic carbocycles. The van der Waals surface area contributed by atoms with Crippen molar-refractivity contribution in [3.63, 3.8) is 0 Å². The highest BCUT2D eigenvalue weighted by Crippen LogP contribution is 2.35. The normalized spacial score (nSPS) is 19.8. The second-order valence-corrected chi connectivity index (χ2v) is 6.16. The first-order valence-electron chi connectivity index (χ1n) is 8.16. The summed E-state index contributed by atoms with van der Waals surface area (Å²) in [6.45, 7) is 1.74. The summed E-state index contributed by atoms with van der Waals surface area (Å²) in [5.41, 5.74) is 1.20. The van der Waals surface area contributed by atoms with Crippen LogP contribution in [0.5, 0.6) is 5.88 Å². The smallest absolute Gasteiger partial charge is 0.248 e. The van der Waals surface area contributed by atoms with E-state index in [1.807, 2.05) is 11.0 Å². The highest BCUT2D eigenvalue weighted by molar-refractivity contribution is 5.77. The third-order valence-electron chi connectivity index (χ3n) is 4.69. The Hall–Kier alpha value is -1.62. The molecule has 5 nitrogen and oxygen atoms in total. The molecule has 2 fully saturated rings. The molecule has 5 heteroatoms. The summed E-state index contributed by atoms with van der Waals surface area (Å²) in [5, 5.41) is 0. The lowest BCUT2D eigenvalue weighted by Gasteiger charge is -2.33. The third-order valence-corrected chi connectivity index (χ3v) is 4.69. The van der Waals surface area contributed by atoms with Crippen molar-refractivity contribution in [2.45, 2.75) is 44.1 Å². The molecule has 0 unspecified atom stereocenters. The monoisotopic (exact) mass is 304 g/mol. The van der Waals surface area contributed by atoms with Crippen LogP contribution in [-0.2, 0) is 9.53 Å². The van der Waals surface area contributed by atoms with Crippen molar-refractivity contribution in [1.82, 2.24) is 9.88 Å². The van der Waals surface area contributed by atoms with Gasteiger partial charge in [-0.25, -0.2) is 4.98 Å². The van der Waals surface area contributed by atoms with Gasteiger partial charge in [0.1, 0.15) is 12.7 Å². The van der Waals surface area contributed by atoms with E-state index in [-0.39, 0.29) is 12.5 Å². The standard InChI is InChI=1S/C17H24N2O3/c1-21-12-16(20)19-10-7-13(8-11-19)15-6-3-9-18-17(15)22-14-4-2-5-14/h3,6,9,13-14H,2,4-5,7-8,10-12H2,1H3. The lowest BCUT2D eigenvalue weighted by molar-refractivity contribution is -0.136. The van der Waals surface area contributed by atoms with Gasteiger partial charge in [0.15, 0.2) is 0 Å². The number of likely N-dealkylation sites (tertiary alicyclic amines) is 1. The maximum absolute atomic E-state index is 11.9. The molecule has 2 heterocycles. The molecule has 0 radical (unpaired) electrons. The van der Waals surface area contributed by atoms with Crippen molar-refractivity contribution in [1.29, 1.82) is 0 Å². The van der Waals surface area contributed by atoms with Gasteiger partial charge in [-0.05, 0) is 44.1 Å². The first-order valence-corrected chi connectivity index (χ1v) is 8.16. The predicted octanol–water partition coefficient (Wildman–Crippen LogP) is 2.37. The fraction of sp³-hybridized carbons (Fsp3) is 0.647. The SMILES string of the molecule is COCC(=O)N1CCC(c2cccnc2OC2CCC2)CC1. The molecule has 1 saturated carbocycles. The van der Waals surface area contributed by atoms with Gasteiger partial charge in [0.25, 0.3) is 0 Å². The number of methoxy groups -OCH3 is 1. The largest absolute Gasteiger partial charge is 0.474 e. The van der Waals surface area contributed by atoms with Gasteiger partial charge >= 0.3 is 0 Å². The van der Waals surface area contributed by atoms with Gasteiger partial charge in [0, 0.05) is 32.0 Å². The second-order valence-electron chi connectivity index (χ2n) is 6.16. The first kappa shape index (κ1) is 15.3. The summed E-state index contributed by atoms with van der Waals surface area (Å²) in [7, 11) is 1.56. The Morgan fingerprint density at radius 2 is 2.09 bits per heavy atom. The van der Waals surface area contributed by atoms with Crippen molar-refractivity contribution in [2.24, 2.45) is 0 Å². The molecule has 22 heavy (non-hydrogen) atoms. The molecule has 1 aliphatic heterocycles. The molecule has 1 aromatic rings. The van der Waals surface area contributed by atoms with Crippen LogP contribution in [0, 0.1) is 0 Å². The predicted molar refractivity (Wildman–Crippen MR) is 82.9 cm³/mol. The highest BCUT2D eigenvalue weighted by atomic mass is 16.5. The van der Waals surface area contributed by atoms with Crippen molar-refractivity contribution in [3.05, 3.63) is 23.9 Å².